The van der Waals surface area contributed by atoms with Crippen LogP contribution in [0.4, 0.5) is 0 Å². The predicted molar refractivity (Wildman–Crippen MR) is 100 cm³/mol. The Morgan fingerprint density at radius 2 is 1.96 bits per heavy atom. The van der Waals surface area contributed by atoms with Gasteiger partial charge in [0.05, 0.1) is 26.2 Å². The van der Waals surface area contributed by atoms with Crippen LogP contribution in [-0.4, -0.2) is 42.0 Å². The van der Waals surface area contributed by atoms with Crippen molar-refractivity contribution in [1.29, 1.82) is 0 Å². The average Bonchev–Trinajstić information content (AvgIpc) is 2.64. The number of quaternary nitrogens is 1. The first-order valence-corrected chi connectivity index (χ1v) is 8.95. The minimum atomic E-state index is 0.0691. The number of benzene rings is 1. The molecule has 130 valence electrons. The van der Waals surface area contributed by atoms with Crippen LogP contribution >= 0.6 is 11.6 Å². The molecular formula is C20H23ClN3O+. The summed E-state index contributed by atoms with van der Waals surface area (Å²) in [6.45, 7) is 6.48. The number of aryl methyl sites for hydroxylation is 1. The van der Waals surface area contributed by atoms with E-state index in [1.165, 1.54) is 10.5 Å². The highest BCUT2D eigenvalue weighted by atomic mass is 35.5. The van der Waals surface area contributed by atoms with Crippen LogP contribution in [0.5, 0.6) is 0 Å². The van der Waals surface area contributed by atoms with E-state index in [4.69, 9.17) is 11.6 Å². The molecule has 1 fully saturated rings. The van der Waals surface area contributed by atoms with Crippen LogP contribution in [0.25, 0.3) is 6.08 Å². The van der Waals surface area contributed by atoms with E-state index in [9.17, 15) is 4.79 Å². The number of hydrogen-bond acceptors (Lipinski definition) is 2. The topological polar surface area (TPSA) is 37.6 Å². The number of rotatable bonds is 4. The molecule has 0 saturated carbocycles. The Balaban J connectivity index is 1.51. The molecule has 0 radical (unpaired) electrons. The molecule has 5 heteroatoms. The van der Waals surface area contributed by atoms with Crippen molar-refractivity contribution in [3.8, 4) is 0 Å². The number of nitrogens with one attached hydrogen (secondary N) is 1. The molecule has 0 spiro atoms. The van der Waals surface area contributed by atoms with Crippen LogP contribution in [0.2, 0.25) is 5.02 Å². The summed E-state index contributed by atoms with van der Waals surface area (Å²) in [6.07, 6.45) is 7.14. The van der Waals surface area contributed by atoms with Gasteiger partial charge < -0.3 is 9.80 Å². The molecule has 1 aromatic carbocycles. The standard InChI is InChI=1S/C20H22ClN3O/c1-16-2-3-17(14-19(16)21)4-5-20(25)24-12-10-23(11-13-24)15-18-6-8-22-9-7-18/h2-9,14H,10-13,15H2,1H3/p+1/b5-4+. The van der Waals surface area contributed by atoms with Crippen molar-refractivity contribution in [1.82, 2.24) is 9.88 Å². The van der Waals surface area contributed by atoms with Crippen molar-refractivity contribution < 1.29 is 9.69 Å². The first-order valence-electron chi connectivity index (χ1n) is 8.57. The van der Waals surface area contributed by atoms with Crippen LogP contribution in [0.3, 0.4) is 0 Å². The van der Waals surface area contributed by atoms with Crippen LogP contribution in [-0.2, 0) is 11.3 Å². The predicted octanol–water partition coefficient (Wildman–Crippen LogP) is 1.98. The number of pyridine rings is 1. The maximum absolute atomic E-state index is 12.4. The van der Waals surface area contributed by atoms with Crippen molar-refractivity contribution in [3.63, 3.8) is 0 Å². The third-order valence-electron chi connectivity index (χ3n) is 4.60. The molecular weight excluding hydrogens is 334 g/mol. The third-order valence-corrected chi connectivity index (χ3v) is 5.01. The lowest BCUT2D eigenvalue weighted by Gasteiger charge is -2.31. The number of halogens is 1. The molecule has 1 aliphatic heterocycles. The maximum Gasteiger partial charge on any atom is 0.246 e. The Kier molecular flexibility index (Phi) is 5.84. The van der Waals surface area contributed by atoms with Gasteiger partial charge in [-0.15, -0.1) is 0 Å². The first kappa shape index (κ1) is 17.6. The van der Waals surface area contributed by atoms with Gasteiger partial charge in [0.15, 0.2) is 0 Å². The molecule has 4 nitrogen and oxygen atoms in total. The minimum Gasteiger partial charge on any atom is -0.328 e. The number of hydrogen-bond donors (Lipinski definition) is 1. The number of carbonyl (C=O) groups is 1. The first-order chi connectivity index (χ1) is 12.1. The van der Waals surface area contributed by atoms with Crippen LogP contribution in [0, 0.1) is 6.92 Å². The van der Waals surface area contributed by atoms with Gasteiger partial charge in [0, 0.05) is 29.1 Å². The van der Waals surface area contributed by atoms with Crippen molar-refractivity contribution >= 4 is 23.6 Å². The molecule has 1 saturated heterocycles. The summed E-state index contributed by atoms with van der Waals surface area (Å²) in [7, 11) is 0. The SMILES string of the molecule is Cc1ccc(/C=C/C(=O)N2CC[NH+](Cc3ccncc3)CC2)cc1Cl. The summed E-state index contributed by atoms with van der Waals surface area (Å²) < 4.78 is 0. The fraction of sp³-hybridized carbons (Fsp3) is 0.300. The molecule has 0 bridgehead atoms. The molecule has 0 unspecified atom stereocenters. The van der Waals surface area contributed by atoms with Gasteiger partial charge in [0.2, 0.25) is 5.91 Å². The normalized spacial score (nSPS) is 15.7. The van der Waals surface area contributed by atoms with E-state index in [1.54, 1.807) is 6.08 Å². The number of aromatic nitrogens is 1. The minimum absolute atomic E-state index is 0.0691. The monoisotopic (exact) mass is 356 g/mol. The number of amides is 1. The fourth-order valence-electron chi connectivity index (χ4n) is 3.00. The molecule has 2 heterocycles. The van der Waals surface area contributed by atoms with Crippen molar-refractivity contribution in [2.24, 2.45) is 0 Å². The number of carbonyl (C=O) groups excluding carboxylic acids is 1. The molecule has 2 aromatic rings. The van der Waals surface area contributed by atoms with Gasteiger partial charge >= 0.3 is 0 Å². The molecule has 1 amide bonds. The zero-order valence-corrected chi connectivity index (χ0v) is 15.2. The van der Waals surface area contributed by atoms with E-state index in [2.05, 4.69) is 17.1 Å². The van der Waals surface area contributed by atoms with Gasteiger partial charge in [0.25, 0.3) is 0 Å². The van der Waals surface area contributed by atoms with Gasteiger partial charge in [-0.2, -0.15) is 0 Å². The Morgan fingerprint density at radius 1 is 1.24 bits per heavy atom. The Hall–Kier alpha value is -2.17. The smallest absolute Gasteiger partial charge is 0.246 e. The number of piperazine rings is 1. The summed E-state index contributed by atoms with van der Waals surface area (Å²) in [4.78, 5) is 19.9. The largest absolute Gasteiger partial charge is 0.328 e. The highest BCUT2D eigenvalue weighted by Gasteiger charge is 2.22. The second-order valence-corrected chi connectivity index (χ2v) is 6.86. The van der Waals surface area contributed by atoms with Crippen LogP contribution < -0.4 is 4.90 Å². The molecule has 1 N–H and O–H groups in total. The highest BCUT2D eigenvalue weighted by Crippen LogP contribution is 2.17. The Bertz CT molecular complexity index is 753. The Labute approximate surface area is 153 Å². The zero-order chi connectivity index (χ0) is 17.6. The highest BCUT2D eigenvalue weighted by molar-refractivity contribution is 6.31. The summed E-state index contributed by atoms with van der Waals surface area (Å²) in [5, 5.41) is 0.725. The van der Waals surface area contributed by atoms with E-state index in [1.807, 2.05) is 48.5 Å². The number of nitrogens with zero attached hydrogens (tertiary/aromatic N) is 2. The second kappa shape index (κ2) is 8.28. The fourth-order valence-corrected chi connectivity index (χ4v) is 3.18. The second-order valence-electron chi connectivity index (χ2n) is 6.45. The summed E-state index contributed by atoms with van der Waals surface area (Å²) >= 11 is 6.12. The van der Waals surface area contributed by atoms with Crippen molar-refractivity contribution in [2.45, 2.75) is 13.5 Å². The molecule has 25 heavy (non-hydrogen) atoms. The van der Waals surface area contributed by atoms with Crippen molar-refractivity contribution in [3.05, 3.63) is 70.5 Å². The Morgan fingerprint density at radius 3 is 2.64 bits per heavy atom. The zero-order valence-electron chi connectivity index (χ0n) is 14.4. The van der Waals surface area contributed by atoms with Gasteiger partial charge in [-0.05, 0) is 42.3 Å². The van der Waals surface area contributed by atoms with E-state index in [0.717, 1.165) is 48.9 Å². The lowest BCUT2D eigenvalue weighted by Crippen LogP contribution is -3.13. The lowest BCUT2D eigenvalue weighted by atomic mass is 10.1. The van der Waals surface area contributed by atoms with E-state index < -0.39 is 0 Å². The van der Waals surface area contributed by atoms with E-state index in [0.29, 0.717) is 0 Å². The van der Waals surface area contributed by atoms with Gasteiger partial charge in [-0.3, -0.25) is 9.78 Å². The molecule has 3 rings (SSSR count). The summed E-state index contributed by atoms with van der Waals surface area (Å²) in [6, 6.07) is 9.94. The van der Waals surface area contributed by atoms with Gasteiger partial charge in [-0.1, -0.05) is 23.7 Å². The average molecular weight is 357 g/mol. The van der Waals surface area contributed by atoms with E-state index in [-0.39, 0.29) is 5.91 Å². The maximum atomic E-state index is 12.4. The molecule has 1 aromatic heterocycles. The lowest BCUT2D eigenvalue weighted by molar-refractivity contribution is -0.917. The summed E-state index contributed by atoms with van der Waals surface area (Å²) in [5.41, 5.74) is 3.28. The van der Waals surface area contributed by atoms with Gasteiger partial charge in [-0.25, -0.2) is 0 Å². The van der Waals surface area contributed by atoms with Crippen molar-refractivity contribution in [2.75, 3.05) is 26.2 Å². The molecule has 0 atom stereocenters. The van der Waals surface area contributed by atoms with E-state index >= 15 is 0 Å². The molecule has 0 aliphatic carbocycles. The summed E-state index contributed by atoms with van der Waals surface area (Å²) in [5.74, 6) is 0.0691. The van der Waals surface area contributed by atoms with Crippen LogP contribution in [0.1, 0.15) is 16.7 Å². The van der Waals surface area contributed by atoms with Crippen LogP contribution in [0.15, 0.2) is 48.8 Å². The molecule has 1 aliphatic rings. The quantitative estimate of drug-likeness (QED) is 0.851. The third kappa shape index (κ3) is 4.91. The van der Waals surface area contributed by atoms with Gasteiger partial charge in [0.1, 0.15) is 6.54 Å².